The summed E-state index contributed by atoms with van der Waals surface area (Å²) in [5, 5.41) is 14.7. The van der Waals surface area contributed by atoms with Crippen LogP contribution in [-0.4, -0.2) is 45.1 Å². The number of carbonyl (C=O) groups excluding carboxylic acids is 1. The SMILES string of the molecule is CC1(CN)CCN(C(=O)C(C)(C)n2cc([N+](=O)[O-])cn2)C1.Cl. The fourth-order valence-corrected chi connectivity index (χ4v) is 2.56. The summed E-state index contributed by atoms with van der Waals surface area (Å²) in [5.74, 6) is -0.0994. The largest absolute Gasteiger partial charge is 0.340 e. The third-order valence-electron chi connectivity index (χ3n) is 4.21. The van der Waals surface area contributed by atoms with Crippen LogP contribution in [-0.2, 0) is 10.3 Å². The Morgan fingerprint density at radius 2 is 2.23 bits per heavy atom. The number of likely N-dealkylation sites (tertiary alicyclic amines) is 1. The van der Waals surface area contributed by atoms with Crippen molar-refractivity contribution >= 4 is 24.0 Å². The highest BCUT2D eigenvalue weighted by atomic mass is 35.5. The smallest absolute Gasteiger partial charge is 0.307 e. The first-order chi connectivity index (χ1) is 9.69. The lowest BCUT2D eigenvalue weighted by molar-refractivity contribution is -0.385. The molecule has 0 bridgehead atoms. The van der Waals surface area contributed by atoms with E-state index in [2.05, 4.69) is 12.0 Å². The van der Waals surface area contributed by atoms with Crippen molar-refractivity contribution in [3.05, 3.63) is 22.5 Å². The van der Waals surface area contributed by atoms with Crippen molar-refractivity contribution < 1.29 is 9.72 Å². The summed E-state index contributed by atoms with van der Waals surface area (Å²) in [6, 6.07) is 0. The summed E-state index contributed by atoms with van der Waals surface area (Å²) in [4.78, 5) is 24.7. The van der Waals surface area contributed by atoms with E-state index in [0.717, 1.165) is 12.6 Å². The van der Waals surface area contributed by atoms with E-state index in [9.17, 15) is 14.9 Å². The van der Waals surface area contributed by atoms with Gasteiger partial charge in [-0.3, -0.25) is 19.6 Å². The minimum Gasteiger partial charge on any atom is -0.340 e. The van der Waals surface area contributed by atoms with Crippen LogP contribution in [0.1, 0.15) is 27.2 Å². The summed E-state index contributed by atoms with van der Waals surface area (Å²) < 4.78 is 1.35. The van der Waals surface area contributed by atoms with E-state index in [-0.39, 0.29) is 29.4 Å². The Morgan fingerprint density at radius 3 is 2.68 bits per heavy atom. The van der Waals surface area contributed by atoms with Crippen LogP contribution in [0.5, 0.6) is 0 Å². The van der Waals surface area contributed by atoms with Gasteiger partial charge in [-0.05, 0) is 32.2 Å². The van der Waals surface area contributed by atoms with E-state index >= 15 is 0 Å². The minimum absolute atomic E-state index is 0. The van der Waals surface area contributed by atoms with Crippen LogP contribution in [0, 0.1) is 15.5 Å². The summed E-state index contributed by atoms with van der Waals surface area (Å²) >= 11 is 0. The highest BCUT2D eigenvalue weighted by Gasteiger charge is 2.41. The van der Waals surface area contributed by atoms with Crippen LogP contribution in [0.15, 0.2) is 12.4 Å². The van der Waals surface area contributed by atoms with Crippen LogP contribution in [0.4, 0.5) is 5.69 Å². The van der Waals surface area contributed by atoms with Crippen molar-refractivity contribution in [2.24, 2.45) is 11.1 Å². The van der Waals surface area contributed by atoms with Crippen molar-refractivity contribution in [3.8, 4) is 0 Å². The van der Waals surface area contributed by atoms with E-state index in [4.69, 9.17) is 5.73 Å². The van der Waals surface area contributed by atoms with Gasteiger partial charge >= 0.3 is 5.69 Å². The van der Waals surface area contributed by atoms with Gasteiger partial charge in [0, 0.05) is 13.1 Å². The second-order valence-electron chi connectivity index (χ2n) is 6.45. The number of nitro groups is 1. The molecule has 1 aromatic heterocycles. The first kappa shape index (κ1) is 18.4. The van der Waals surface area contributed by atoms with Gasteiger partial charge in [-0.25, -0.2) is 0 Å². The lowest BCUT2D eigenvalue weighted by Gasteiger charge is -2.30. The molecule has 2 rings (SSSR count). The molecule has 0 spiro atoms. The number of carbonyl (C=O) groups is 1. The van der Waals surface area contributed by atoms with Crippen LogP contribution < -0.4 is 5.73 Å². The van der Waals surface area contributed by atoms with E-state index < -0.39 is 10.5 Å². The highest BCUT2D eigenvalue weighted by molar-refractivity contribution is 5.85. The maximum absolute atomic E-state index is 12.7. The lowest BCUT2D eigenvalue weighted by Crippen LogP contribution is -2.47. The van der Waals surface area contributed by atoms with Gasteiger partial charge in [0.25, 0.3) is 0 Å². The molecule has 0 aromatic carbocycles. The first-order valence-electron chi connectivity index (χ1n) is 6.89. The number of amides is 1. The number of aromatic nitrogens is 2. The average Bonchev–Trinajstić information content (AvgIpc) is 3.05. The number of rotatable bonds is 4. The second kappa shape index (κ2) is 6.21. The Balaban J connectivity index is 0.00000242. The molecule has 1 amide bonds. The van der Waals surface area contributed by atoms with E-state index in [1.165, 1.54) is 10.9 Å². The van der Waals surface area contributed by atoms with Crippen molar-refractivity contribution in [2.45, 2.75) is 32.7 Å². The summed E-state index contributed by atoms with van der Waals surface area (Å²) in [6.45, 7) is 7.28. The summed E-state index contributed by atoms with van der Waals surface area (Å²) in [6.07, 6.45) is 3.31. The van der Waals surface area contributed by atoms with Gasteiger partial charge in [-0.2, -0.15) is 5.10 Å². The third kappa shape index (κ3) is 3.22. The standard InChI is InChI=1S/C13H21N5O3.ClH/c1-12(2,17-7-10(6-15-17)18(20)21)11(19)16-5-4-13(3,8-14)9-16;/h6-7H,4-5,8-9,14H2,1-3H3;1H. The molecule has 2 heterocycles. The number of halogens is 1. The molecule has 9 heteroatoms. The number of hydrogen-bond acceptors (Lipinski definition) is 5. The Hall–Kier alpha value is -1.67. The molecule has 2 N–H and O–H groups in total. The molecule has 0 saturated carbocycles. The molecular formula is C13H22ClN5O3. The van der Waals surface area contributed by atoms with E-state index in [1.54, 1.807) is 18.7 Å². The van der Waals surface area contributed by atoms with Gasteiger partial charge in [0.1, 0.15) is 17.9 Å². The molecule has 22 heavy (non-hydrogen) atoms. The predicted octanol–water partition coefficient (Wildman–Crippen LogP) is 1.15. The maximum Gasteiger partial charge on any atom is 0.307 e. The molecule has 1 saturated heterocycles. The normalized spacial score (nSPS) is 21.5. The molecular weight excluding hydrogens is 310 g/mol. The van der Waals surface area contributed by atoms with Gasteiger partial charge in [-0.1, -0.05) is 6.92 Å². The molecule has 1 aromatic rings. The second-order valence-corrected chi connectivity index (χ2v) is 6.45. The zero-order valence-electron chi connectivity index (χ0n) is 13.0. The first-order valence-corrected chi connectivity index (χ1v) is 6.89. The fourth-order valence-electron chi connectivity index (χ4n) is 2.56. The zero-order chi connectivity index (χ0) is 15.8. The summed E-state index contributed by atoms with van der Waals surface area (Å²) in [7, 11) is 0. The Labute approximate surface area is 135 Å². The van der Waals surface area contributed by atoms with Crippen molar-refractivity contribution in [1.29, 1.82) is 0 Å². The predicted molar refractivity (Wildman–Crippen MR) is 83.8 cm³/mol. The van der Waals surface area contributed by atoms with Crippen molar-refractivity contribution in [2.75, 3.05) is 19.6 Å². The molecule has 1 fully saturated rings. The van der Waals surface area contributed by atoms with Crippen LogP contribution in [0.3, 0.4) is 0 Å². The molecule has 1 atom stereocenters. The van der Waals surface area contributed by atoms with Gasteiger partial charge in [0.2, 0.25) is 5.91 Å². The Bertz CT molecular complexity index is 574. The quantitative estimate of drug-likeness (QED) is 0.657. The zero-order valence-corrected chi connectivity index (χ0v) is 13.8. The topological polar surface area (TPSA) is 107 Å². The number of nitrogens with two attached hydrogens (primary N) is 1. The van der Waals surface area contributed by atoms with Crippen LogP contribution in [0.2, 0.25) is 0 Å². The van der Waals surface area contributed by atoms with Gasteiger partial charge < -0.3 is 10.6 Å². The monoisotopic (exact) mass is 331 g/mol. The van der Waals surface area contributed by atoms with Crippen LogP contribution in [0.25, 0.3) is 0 Å². The molecule has 0 aliphatic carbocycles. The Kier molecular flexibility index (Phi) is 5.19. The van der Waals surface area contributed by atoms with E-state index in [1.807, 2.05) is 0 Å². The maximum atomic E-state index is 12.7. The van der Waals surface area contributed by atoms with Gasteiger partial charge in [-0.15, -0.1) is 12.4 Å². The Morgan fingerprint density at radius 1 is 1.59 bits per heavy atom. The summed E-state index contributed by atoms with van der Waals surface area (Å²) in [5.41, 5.74) is 4.62. The molecule has 0 radical (unpaired) electrons. The van der Waals surface area contributed by atoms with Crippen LogP contribution >= 0.6 is 12.4 Å². The van der Waals surface area contributed by atoms with Gasteiger partial charge in [0.15, 0.2) is 0 Å². The van der Waals surface area contributed by atoms with Crippen molar-refractivity contribution in [1.82, 2.24) is 14.7 Å². The fraction of sp³-hybridized carbons (Fsp3) is 0.692. The third-order valence-corrected chi connectivity index (χ3v) is 4.21. The molecule has 124 valence electrons. The van der Waals surface area contributed by atoms with E-state index in [0.29, 0.717) is 19.6 Å². The molecule has 1 unspecified atom stereocenters. The average molecular weight is 332 g/mol. The number of nitrogens with zero attached hydrogens (tertiary/aromatic N) is 4. The lowest BCUT2D eigenvalue weighted by atomic mass is 9.90. The molecule has 1 aliphatic rings. The minimum atomic E-state index is -0.964. The molecule has 1 aliphatic heterocycles. The number of hydrogen-bond donors (Lipinski definition) is 1. The molecule has 8 nitrogen and oxygen atoms in total. The van der Waals surface area contributed by atoms with Gasteiger partial charge in [0.05, 0.1) is 4.92 Å². The van der Waals surface area contributed by atoms with Crippen molar-refractivity contribution in [3.63, 3.8) is 0 Å². The highest BCUT2D eigenvalue weighted by Crippen LogP contribution is 2.31.